The number of nitrogens with zero attached hydrogens (tertiary/aromatic N) is 3. The summed E-state index contributed by atoms with van der Waals surface area (Å²) in [5.41, 5.74) is 0. The summed E-state index contributed by atoms with van der Waals surface area (Å²) in [7, 11) is 3.57. The van der Waals surface area contributed by atoms with Crippen LogP contribution in [0.4, 0.5) is 0 Å². The molecule has 1 heterocycles. The van der Waals surface area contributed by atoms with E-state index in [2.05, 4.69) is 40.9 Å². The lowest BCUT2D eigenvalue weighted by atomic mass is 10.1. The quantitative estimate of drug-likeness (QED) is 0.236. The number of likely N-dealkylation sites (tertiary alicyclic amines) is 1. The van der Waals surface area contributed by atoms with E-state index in [4.69, 9.17) is 9.47 Å². The third-order valence-electron chi connectivity index (χ3n) is 4.57. The molecule has 0 amide bonds. The number of halogens is 1. The van der Waals surface area contributed by atoms with Crippen molar-refractivity contribution >= 4 is 29.9 Å². The minimum Gasteiger partial charge on any atom is -0.382 e. The van der Waals surface area contributed by atoms with Crippen molar-refractivity contribution in [3.8, 4) is 0 Å². The van der Waals surface area contributed by atoms with Crippen LogP contribution >= 0.6 is 24.0 Å². The maximum Gasteiger partial charge on any atom is 0.193 e. The molecule has 1 rings (SSSR count). The fraction of sp³-hybridized carbons (Fsp3) is 0.941. The van der Waals surface area contributed by atoms with Crippen LogP contribution in [0.2, 0.25) is 0 Å². The maximum absolute atomic E-state index is 5.66. The first-order valence-corrected chi connectivity index (χ1v) is 8.92. The van der Waals surface area contributed by atoms with Crippen LogP contribution in [0, 0.1) is 5.92 Å². The molecule has 0 bridgehead atoms. The topological polar surface area (TPSA) is 49.3 Å². The van der Waals surface area contributed by atoms with Crippen LogP contribution < -0.4 is 5.32 Å². The molecule has 1 saturated heterocycles. The predicted molar refractivity (Wildman–Crippen MR) is 112 cm³/mol. The number of nitrogens with one attached hydrogen (secondary N) is 1. The van der Waals surface area contributed by atoms with Crippen LogP contribution in [0.15, 0.2) is 4.99 Å². The van der Waals surface area contributed by atoms with E-state index >= 15 is 0 Å². The minimum absolute atomic E-state index is 0. The van der Waals surface area contributed by atoms with Gasteiger partial charge >= 0.3 is 0 Å². The Labute approximate surface area is 165 Å². The number of methoxy groups -OCH3 is 1. The summed E-state index contributed by atoms with van der Waals surface area (Å²) < 4.78 is 10.7. The Morgan fingerprint density at radius 3 is 2.62 bits per heavy atom. The van der Waals surface area contributed by atoms with Gasteiger partial charge in [0.15, 0.2) is 5.96 Å². The molecule has 1 N–H and O–H groups in total. The van der Waals surface area contributed by atoms with Crippen LogP contribution in [-0.2, 0) is 9.47 Å². The van der Waals surface area contributed by atoms with Gasteiger partial charge in [-0.15, -0.1) is 24.0 Å². The van der Waals surface area contributed by atoms with Gasteiger partial charge in [-0.2, -0.15) is 0 Å². The molecule has 0 radical (unpaired) electrons. The fourth-order valence-corrected chi connectivity index (χ4v) is 3.10. The standard InChI is InChI=1S/C17H36N4O2.HI/c1-6-20(7-2)15(3)12-19-17(18-4)21-9-8-16(13-21)14-23-11-10-22-5;/h15-16H,6-14H2,1-5H3,(H,18,19);1H. The smallest absolute Gasteiger partial charge is 0.193 e. The summed E-state index contributed by atoms with van der Waals surface area (Å²) in [5.74, 6) is 1.61. The van der Waals surface area contributed by atoms with Crippen molar-refractivity contribution in [3.05, 3.63) is 0 Å². The summed E-state index contributed by atoms with van der Waals surface area (Å²) in [5, 5.41) is 3.53. The predicted octanol–water partition coefficient (Wildman–Crippen LogP) is 1.90. The van der Waals surface area contributed by atoms with E-state index in [-0.39, 0.29) is 24.0 Å². The van der Waals surface area contributed by atoms with Gasteiger partial charge in [0.25, 0.3) is 0 Å². The van der Waals surface area contributed by atoms with Gasteiger partial charge in [0, 0.05) is 45.8 Å². The summed E-state index contributed by atoms with van der Waals surface area (Å²) >= 11 is 0. The highest BCUT2D eigenvalue weighted by atomic mass is 127. The molecule has 0 saturated carbocycles. The number of likely N-dealkylation sites (N-methyl/N-ethyl adjacent to an activating group) is 1. The fourth-order valence-electron chi connectivity index (χ4n) is 3.10. The Hall–Kier alpha value is -0.120. The molecule has 7 heteroatoms. The molecule has 2 unspecified atom stereocenters. The van der Waals surface area contributed by atoms with Crippen LogP contribution in [0.1, 0.15) is 27.2 Å². The monoisotopic (exact) mass is 456 g/mol. The molecular weight excluding hydrogens is 419 g/mol. The molecule has 1 fully saturated rings. The van der Waals surface area contributed by atoms with Gasteiger partial charge < -0.3 is 19.7 Å². The Kier molecular flexibility index (Phi) is 14.0. The van der Waals surface area contributed by atoms with Gasteiger partial charge in [0.1, 0.15) is 0 Å². The van der Waals surface area contributed by atoms with Crippen molar-refractivity contribution in [2.45, 2.75) is 33.2 Å². The number of hydrogen-bond acceptors (Lipinski definition) is 4. The zero-order chi connectivity index (χ0) is 17.1. The molecule has 1 aliphatic rings. The first kappa shape index (κ1) is 23.9. The van der Waals surface area contributed by atoms with Crippen molar-refractivity contribution in [2.75, 3.05) is 66.7 Å². The number of guanidine groups is 1. The van der Waals surface area contributed by atoms with Crippen LogP contribution in [0.3, 0.4) is 0 Å². The lowest BCUT2D eigenvalue weighted by Gasteiger charge is -2.29. The molecule has 6 nitrogen and oxygen atoms in total. The first-order chi connectivity index (χ1) is 11.2. The second kappa shape index (κ2) is 14.1. The Bertz CT molecular complexity index is 341. The van der Waals surface area contributed by atoms with E-state index in [0.717, 1.165) is 45.3 Å². The van der Waals surface area contributed by atoms with Gasteiger partial charge in [-0.3, -0.25) is 9.89 Å². The molecule has 0 spiro atoms. The molecular formula is C17H37IN4O2. The minimum atomic E-state index is 0. The number of ether oxygens (including phenoxy) is 2. The molecule has 2 atom stereocenters. The molecule has 0 aromatic rings. The summed E-state index contributed by atoms with van der Waals surface area (Å²) in [6, 6.07) is 0.512. The molecule has 1 aliphatic heterocycles. The van der Waals surface area contributed by atoms with Crippen LogP contribution in [-0.4, -0.2) is 88.5 Å². The summed E-state index contributed by atoms with van der Waals surface area (Å²) in [4.78, 5) is 9.25. The van der Waals surface area contributed by atoms with E-state index in [1.54, 1.807) is 7.11 Å². The Morgan fingerprint density at radius 2 is 2.04 bits per heavy atom. The average molecular weight is 456 g/mol. The van der Waals surface area contributed by atoms with Crippen LogP contribution in [0.5, 0.6) is 0 Å². The molecule has 0 aromatic heterocycles. The van der Waals surface area contributed by atoms with Gasteiger partial charge in [-0.25, -0.2) is 0 Å². The van der Waals surface area contributed by atoms with Gasteiger partial charge in [-0.1, -0.05) is 13.8 Å². The van der Waals surface area contributed by atoms with Crippen LogP contribution in [0.25, 0.3) is 0 Å². The lowest BCUT2D eigenvalue weighted by molar-refractivity contribution is 0.0536. The van der Waals surface area contributed by atoms with Gasteiger partial charge in [-0.05, 0) is 26.4 Å². The highest BCUT2D eigenvalue weighted by Crippen LogP contribution is 2.16. The third-order valence-corrected chi connectivity index (χ3v) is 4.57. The van der Waals surface area contributed by atoms with Crippen molar-refractivity contribution in [1.82, 2.24) is 15.1 Å². The van der Waals surface area contributed by atoms with E-state index < -0.39 is 0 Å². The number of rotatable bonds is 10. The van der Waals surface area contributed by atoms with E-state index in [9.17, 15) is 0 Å². The largest absolute Gasteiger partial charge is 0.382 e. The number of aliphatic imine (C=N–C) groups is 1. The van der Waals surface area contributed by atoms with Gasteiger partial charge in [0.2, 0.25) is 0 Å². The van der Waals surface area contributed by atoms with Crippen molar-refractivity contribution in [1.29, 1.82) is 0 Å². The summed E-state index contributed by atoms with van der Waals surface area (Å²) in [6.07, 6.45) is 1.17. The first-order valence-electron chi connectivity index (χ1n) is 8.92. The maximum atomic E-state index is 5.66. The van der Waals surface area contributed by atoms with E-state index in [1.807, 2.05) is 7.05 Å². The zero-order valence-corrected chi connectivity index (χ0v) is 18.4. The SMILES string of the molecule is CCN(CC)C(C)CNC(=NC)N1CCC(COCCOC)C1.I. The highest BCUT2D eigenvalue weighted by Gasteiger charge is 2.25. The Balaban J connectivity index is 0.00000529. The normalized spacial score (nSPS) is 19.5. The van der Waals surface area contributed by atoms with Gasteiger partial charge in [0.05, 0.1) is 19.8 Å². The zero-order valence-electron chi connectivity index (χ0n) is 16.1. The summed E-state index contributed by atoms with van der Waals surface area (Å²) in [6.45, 7) is 14.0. The van der Waals surface area contributed by atoms with Crippen molar-refractivity contribution < 1.29 is 9.47 Å². The highest BCUT2D eigenvalue weighted by molar-refractivity contribution is 14.0. The second-order valence-electron chi connectivity index (χ2n) is 6.17. The third kappa shape index (κ3) is 8.31. The molecule has 144 valence electrons. The van der Waals surface area contributed by atoms with E-state index in [1.165, 1.54) is 6.42 Å². The number of hydrogen-bond donors (Lipinski definition) is 1. The van der Waals surface area contributed by atoms with Crippen molar-refractivity contribution in [3.63, 3.8) is 0 Å². The molecule has 0 aromatic carbocycles. The molecule has 0 aliphatic carbocycles. The van der Waals surface area contributed by atoms with E-state index in [0.29, 0.717) is 25.2 Å². The second-order valence-corrected chi connectivity index (χ2v) is 6.17. The lowest BCUT2D eigenvalue weighted by Crippen LogP contribution is -2.47. The van der Waals surface area contributed by atoms with Crippen molar-refractivity contribution in [2.24, 2.45) is 10.9 Å². The Morgan fingerprint density at radius 1 is 1.33 bits per heavy atom. The average Bonchev–Trinajstić information content (AvgIpc) is 3.02. The molecule has 24 heavy (non-hydrogen) atoms.